The van der Waals surface area contributed by atoms with E-state index in [1.165, 1.54) is 17.0 Å². The highest BCUT2D eigenvalue weighted by molar-refractivity contribution is 7.16. The summed E-state index contributed by atoms with van der Waals surface area (Å²) >= 11 is 1.58. The molecule has 4 rings (SSSR count). The van der Waals surface area contributed by atoms with Crippen LogP contribution in [0.2, 0.25) is 0 Å². The molecule has 142 valence electrons. The van der Waals surface area contributed by atoms with Crippen LogP contribution in [-0.4, -0.2) is 12.1 Å². The SMILES string of the molecule is O=C(NCc1ccccc1)c1c(N=Cc2cccc(F)c2)sc2c1CCCC2. The Balaban J connectivity index is 1.61. The lowest BCUT2D eigenvalue weighted by Gasteiger charge is -2.12. The van der Waals surface area contributed by atoms with Crippen molar-refractivity contribution in [1.82, 2.24) is 5.32 Å². The molecule has 2 aromatic carbocycles. The van der Waals surface area contributed by atoms with Crippen LogP contribution in [0.15, 0.2) is 59.6 Å². The lowest BCUT2D eigenvalue weighted by atomic mass is 9.95. The Labute approximate surface area is 168 Å². The Morgan fingerprint density at radius 3 is 2.75 bits per heavy atom. The van der Waals surface area contributed by atoms with Crippen LogP contribution in [0.3, 0.4) is 0 Å². The van der Waals surface area contributed by atoms with E-state index in [0.29, 0.717) is 22.7 Å². The van der Waals surface area contributed by atoms with Crippen LogP contribution in [0.5, 0.6) is 0 Å². The molecule has 0 spiro atoms. The molecule has 0 radical (unpaired) electrons. The van der Waals surface area contributed by atoms with Crippen molar-refractivity contribution >= 4 is 28.5 Å². The van der Waals surface area contributed by atoms with Crippen LogP contribution in [0.25, 0.3) is 0 Å². The number of carbonyl (C=O) groups is 1. The van der Waals surface area contributed by atoms with Crippen molar-refractivity contribution in [3.8, 4) is 0 Å². The summed E-state index contributed by atoms with van der Waals surface area (Å²) < 4.78 is 13.4. The Morgan fingerprint density at radius 1 is 1.11 bits per heavy atom. The van der Waals surface area contributed by atoms with Crippen molar-refractivity contribution in [2.45, 2.75) is 32.2 Å². The molecule has 0 aliphatic heterocycles. The molecule has 0 saturated heterocycles. The average molecular weight is 392 g/mol. The monoisotopic (exact) mass is 392 g/mol. The molecule has 1 aliphatic rings. The van der Waals surface area contributed by atoms with Gasteiger partial charge in [0, 0.05) is 17.6 Å². The predicted molar refractivity (Wildman–Crippen MR) is 112 cm³/mol. The highest BCUT2D eigenvalue weighted by Crippen LogP contribution is 2.39. The van der Waals surface area contributed by atoms with Crippen molar-refractivity contribution in [3.05, 3.63) is 87.5 Å². The van der Waals surface area contributed by atoms with Gasteiger partial charge in [-0.3, -0.25) is 4.79 Å². The maximum Gasteiger partial charge on any atom is 0.254 e. The third kappa shape index (κ3) is 4.20. The first-order valence-corrected chi connectivity index (χ1v) is 10.3. The Hall–Kier alpha value is -2.79. The van der Waals surface area contributed by atoms with Crippen molar-refractivity contribution in [2.75, 3.05) is 0 Å². The lowest BCUT2D eigenvalue weighted by Crippen LogP contribution is -2.24. The highest BCUT2D eigenvalue weighted by Gasteiger charge is 2.25. The van der Waals surface area contributed by atoms with E-state index in [9.17, 15) is 9.18 Å². The number of rotatable bonds is 5. The van der Waals surface area contributed by atoms with Gasteiger partial charge in [-0.1, -0.05) is 42.5 Å². The Kier molecular flexibility index (Phi) is 5.63. The number of hydrogen-bond acceptors (Lipinski definition) is 3. The molecule has 5 heteroatoms. The van der Waals surface area contributed by atoms with Gasteiger partial charge in [0.25, 0.3) is 5.91 Å². The third-order valence-electron chi connectivity index (χ3n) is 4.86. The van der Waals surface area contributed by atoms with E-state index in [2.05, 4.69) is 10.3 Å². The molecule has 1 amide bonds. The van der Waals surface area contributed by atoms with Crippen molar-refractivity contribution in [3.63, 3.8) is 0 Å². The summed E-state index contributed by atoms with van der Waals surface area (Å²) in [6.07, 6.45) is 5.78. The molecular weight excluding hydrogens is 371 g/mol. The van der Waals surface area contributed by atoms with Crippen LogP contribution in [0.4, 0.5) is 9.39 Å². The van der Waals surface area contributed by atoms with Crippen molar-refractivity contribution in [1.29, 1.82) is 0 Å². The summed E-state index contributed by atoms with van der Waals surface area (Å²) in [5.74, 6) is -0.384. The largest absolute Gasteiger partial charge is 0.348 e. The van der Waals surface area contributed by atoms with Gasteiger partial charge < -0.3 is 5.32 Å². The van der Waals surface area contributed by atoms with Gasteiger partial charge in [-0.2, -0.15) is 0 Å². The molecule has 1 aromatic heterocycles. The normalized spacial score (nSPS) is 13.5. The fourth-order valence-electron chi connectivity index (χ4n) is 3.46. The zero-order valence-corrected chi connectivity index (χ0v) is 16.3. The fourth-order valence-corrected chi connectivity index (χ4v) is 4.69. The van der Waals surface area contributed by atoms with Crippen LogP contribution >= 0.6 is 11.3 Å². The van der Waals surface area contributed by atoms with Gasteiger partial charge in [-0.15, -0.1) is 11.3 Å². The molecule has 1 aliphatic carbocycles. The second-order valence-electron chi connectivity index (χ2n) is 6.87. The van der Waals surface area contributed by atoms with Gasteiger partial charge in [-0.25, -0.2) is 9.38 Å². The number of nitrogens with one attached hydrogen (secondary N) is 1. The number of halogens is 1. The Bertz CT molecular complexity index is 1010. The summed E-state index contributed by atoms with van der Waals surface area (Å²) in [4.78, 5) is 18.8. The second-order valence-corrected chi connectivity index (χ2v) is 7.96. The number of benzene rings is 2. The second kappa shape index (κ2) is 8.48. The maximum atomic E-state index is 13.4. The van der Waals surface area contributed by atoms with Crippen LogP contribution in [0.1, 0.15) is 44.8 Å². The number of amides is 1. The first-order valence-electron chi connectivity index (χ1n) is 9.47. The smallest absolute Gasteiger partial charge is 0.254 e. The summed E-state index contributed by atoms with van der Waals surface area (Å²) in [7, 11) is 0. The first kappa shape index (κ1) is 18.6. The van der Waals surface area contributed by atoms with E-state index in [0.717, 1.165) is 36.8 Å². The maximum absolute atomic E-state index is 13.4. The molecule has 0 saturated carbocycles. The predicted octanol–water partition coefficient (Wildman–Crippen LogP) is 5.45. The molecule has 1 N–H and O–H groups in total. The zero-order chi connectivity index (χ0) is 19.3. The summed E-state index contributed by atoms with van der Waals surface area (Å²) in [6, 6.07) is 16.2. The van der Waals surface area contributed by atoms with Gasteiger partial charge in [0.1, 0.15) is 10.8 Å². The summed E-state index contributed by atoms with van der Waals surface area (Å²) in [5.41, 5.74) is 3.56. The van der Waals surface area contributed by atoms with Gasteiger partial charge in [0.2, 0.25) is 0 Å². The number of nitrogens with zero attached hydrogens (tertiary/aromatic N) is 1. The van der Waals surface area contributed by atoms with Gasteiger partial charge in [0.15, 0.2) is 0 Å². The van der Waals surface area contributed by atoms with Crippen LogP contribution in [-0.2, 0) is 19.4 Å². The third-order valence-corrected chi connectivity index (χ3v) is 6.06. The first-order chi connectivity index (χ1) is 13.7. The highest BCUT2D eigenvalue weighted by atomic mass is 32.1. The Morgan fingerprint density at radius 2 is 1.93 bits per heavy atom. The van der Waals surface area contributed by atoms with Crippen molar-refractivity contribution < 1.29 is 9.18 Å². The van der Waals surface area contributed by atoms with E-state index in [1.807, 2.05) is 30.3 Å². The number of hydrogen-bond donors (Lipinski definition) is 1. The molecule has 28 heavy (non-hydrogen) atoms. The summed E-state index contributed by atoms with van der Waals surface area (Å²) in [5, 5.41) is 3.74. The minimum Gasteiger partial charge on any atom is -0.348 e. The number of aryl methyl sites for hydroxylation is 1. The van der Waals surface area contributed by atoms with Crippen molar-refractivity contribution in [2.24, 2.45) is 4.99 Å². The van der Waals surface area contributed by atoms with E-state index in [-0.39, 0.29) is 11.7 Å². The molecule has 1 heterocycles. The van der Waals surface area contributed by atoms with Crippen LogP contribution in [0, 0.1) is 5.82 Å². The van der Waals surface area contributed by atoms with E-state index < -0.39 is 0 Å². The van der Waals surface area contributed by atoms with Gasteiger partial charge in [-0.05, 0) is 54.5 Å². The molecule has 3 nitrogen and oxygen atoms in total. The average Bonchev–Trinajstić information content (AvgIpc) is 3.10. The quantitative estimate of drug-likeness (QED) is 0.577. The minimum absolute atomic E-state index is 0.0883. The standard InChI is InChI=1S/C23H21FN2OS/c24-18-10-6-9-17(13-18)15-26-23-21(19-11-4-5-12-20(19)28-23)22(27)25-14-16-7-2-1-3-8-16/h1-3,6-10,13,15H,4-5,11-12,14H2,(H,25,27). The minimum atomic E-state index is -0.296. The number of aliphatic imine (C=N–C) groups is 1. The molecule has 0 atom stereocenters. The number of thiophene rings is 1. The molecule has 0 fully saturated rings. The number of fused-ring (bicyclic) bond motifs is 1. The lowest BCUT2D eigenvalue weighted by molar-refractivity contribution is 0.0951. The zero-order valence-electron chi connectivity index (χ0n) is 15.5. The van der Waals surface area contributed by atoms with E-state index in [1.54, 1.807) is 29.7 Å². The van der Waals surface area contributed by atoms with E-state index >= 15 is 0 Å². The molecule has 3 aromatic rings. The van der Waals surface area contributed by atoms with Crippen LogP contribution < -0.4 is 5.32 Å². The number of carbonyl (C=O) groups excluding carboxylic acids is 1. The molecular formula is C23H21FN2OS. The fraction of sp³-hybridized carbons (Fsp3) is 0.217. The molecule has 0 unspecified atom stereocenters. The topological polar surface area (TPSA) is 41.5 Å². The van der Waals surface area contributed by atoms with E-state index in [4.69, 9.17) is 0 Å². The van der Waals surface area contributed by atoms with Gasteiger partial charge >= 0.3 is 0 Å². The van der Waals surface area contributed by atoms with Gasteiger partial charge in [0.05, 0.1) is 5.56 Å². The summed E-state index contributed by atoms with van der Waals surface area (Å²) in [6.45, 7) is 0.483. The molecule has 0 bridgehead atoms.